The number of halogens is 4. The number of nitrogens with one attached hydrogen (secondary N) is 1. The summed E-state index contributed by atoms with van der Waals surface area (Å²) < 4.78 is 53.4. The molecule has 0 fully saturated rings. The second kappa shape index (κ2) is 6.50. The van der Waals surface area contributed by atoms with Crippen LogP contribution in [0.25, 0.3) is 0 Å². The topological polar surface area (TPSA) is 55.6 Å². The summed E-state index contributed by atoms with van der Waals surface area (Å²) in [6.45, 7) is 0. The molecular weight excluding hydrogens is 338 g/mol. The van der Waals surface area contributed by atoms with Gasteiger partial charge in [0.1, 0.15) is 23.4 Å². The zero-order valence-electron chi connectivity index (χ0n) is 13.0. The molecule has 1 unspecified atom stereocenters. The normalized spacial score (nSPS) is 12.8. The predicted octanol–water partition coefficient (Wildman–Crippen LogP) is 3.57. The number of benzene rings is 1. The Balaban J connectivity index is 1.99. The van der Waals surface area contributed by atoms with Crippen molar-refractivity contribution in [3.05, 3.63) is 71.8 Å². The Morgan fingerprint density at radius 1 is 1.04 bits per heavy atom. The molecule has 0 radical (unpaired) electrons. The fourth-order valence-corrected chi connectivity index (χ4v) is 2.32. The number of aromatic nitrogens is 4. The van der Waals surface area contributed by atoms with E-state index in [2.05, 4.69) is 20.3 Å². The van der Waals surface area contributed by atoms with Crippen molar-refractivity contribution in [2.24, 2.45) is 7.05 Å². The summed E-state index contributed by atoms with van der Waals surface area (Å²) in [5.74, 6) is -0.0996. The molecule has 3 aromatic rings. The second-order valence-electron chi connectivity index (χ2n) is 5.29. The first-order chi connectivity index (χ1) is 11.8. The molecule has 1 atom stereocenters. The largest absolute Gasteiger partial charge is 0.433 e. The second-order valence-corrected chi connectivity index (χ2v) is 5.29. The highest BCUT2D eigenvalue weighted by molar-refractivity contribution is 5.37. The Labute approximate surface area is 140 Å². The SMILES string of the molecule is Cn1ccnc1C(Nc1nccc(C(F)(F)F)n1)c1ccc(F)cc1. The average Bonchev–Trinajstić information content (AvgIpc) is 2.99. The van der Waals surface area contributed by atoms with Crippen molar-refractivity contribution < 1.29 is 17.6 Å². The van der Waals surface area contributed by atoms with E-state index >= 15 is 0 Å². The standard InChI is InChI=1S/C16H13F4N5/c1-25-9-8-21-14(25)13(10-2-4-11(17)5-3-10)24-15-22-7-6-12(23-15)16(18,19)20/h2-9,13H,1H3,(H,22,23,24). The van der Waals surface area contributed by atoms with Gasteiger partial charge < -0.3 is 9.88 Å². The van der Waals surface area contributed by atoms with Gasteiger partial charge in [-0.1, -0.05) is 12.1 Å². The highest BCUT2D eigenvalue weighted by Crippen LogP contribution is 2.29. The monoisotopic (exact) mass is 351 g/mol. The molecule has 3 rings (SSSR count). The molecule has 0 aliphatic heterocycles. The Morgan fingerprint density at radius 3 is 2.36 bits per heavy atom. The zero-order valence-corrected chi connectivity index (χ0v) is 13.0. The lowest BCUT2D eigenvalue weighted by Gasteiger charge is -2.19. The molecule has 1 N–H and O–H groups in total. The van der Waals surface area contributed by atoms with Crippen LogP contribution < -0.4 is 5.32 Å². The van der Waals surface area contributed by atoms with Crippen molar-refractivity contribution in [2.75, 3.05) is 5.32 Å². The van der Waals surface area contributed by atoms with E-state index in [4.69, 9.17) is 0 Å². The number of alkyl halides is 3. The summed E-state index contributed by atoms with van der Waals surface area (Å²) in [5, 5.41) is 2.84. The predicted molar refractivity (Wildman–Crippen MR) is 82.1 cm³/mol. The van der Waals surface area contributed by atoms with Crippen LogP contribution in [0.1, 0.15) is 23.1 Å². The molecule has 0 aliphatic carbocycles. The Hall–Kier alpha value is -2.97. The third-order valence-electron chi connectivity index (χ3n) is 3.54. The van der Waals surface area contributed by atoms with Crippen LogP contribution in [-0.2, 0) is 13.2 Å². The Morgan fingerprint density at radius 2 is 1.76 bits per heavy atom. The van der Waals surface area contributed by atoms with Crippen LogP contribution in [0.4, 0.5) is 23.5 Å². The minimum atomic E-state index is -4.58. The van der Waals surface area contributed by atoms with Crippen LogP contribution >= 0.6 is 0 Å². The summed E-state index contributed by atoms with van der Waals surface area (Å²) in [5.41, 5.74) is -0.445. The molecular formula is C16H13F4N5. The van der Waals surface area contributed by atoms with Crippen LogP contribution in [0.5, 0.6) is 0 Å². The van der Waals surface area contributed by atoms with Gasteiger partial charge in [0, 0.05) is 25.6 Å². The Bertz CT molecular complexity index is 857. The first-order valence-electron chi connectivity index (χ1n) is 7.24. The molecule has 25 heavy (non-hydrogen) atoms. The van der Waals surface area contributed by atoms with Crippen LogP contribution in [0.2, 0.25) is 0 Å². The smallest absolute Gasteiger partial charge is 0.340 e. The van der Waals surface area contributed by atoms with Crippen molar-refractivity contribution in [3.8, 4) is 0 Å². The van der Waals surface area contributed by atoms with E-state index in [-0.39, 0.29) is 5.95 Å². The summed E-state index contributed by atoms with van der Waals surface area (Å²) in [6.07, 6.45) is -0.298. The maximum atomic E-state index is 13.2. The summed E-state index contributed by atoms with van der Waals surface area (Å²) in [7, 11) is 1.74. The number of rotatable bonds is 4. The maximum absolute atomic E-state index is 13.2. The molecule has 0 amide bonds. The van der Waals surface area contributed by atoms with Crippen LogP contribution in [0, 0.1) is 5.82 Å². The number of nitrogens with zero attached hydrogens (tertiary/aromatic N) is 4. The highest BCUT2D eigenvalue weighted by Gasteiger charge is 2.33. The van der Waals surface area contributed by atoms with E-state index in [1.54, 1.807) is 24.0 Å². The van der Waals surface area contributed by atoms with Gasteiger partial charge in [0.15, 0.2) is 0 Å². The minimum Gasteiger partial charge on any atom is -0.340 e. The number of hydrogen-bond donors (Lipinski definition) is 1. The van der Waals surface area contributed by atoms with Crippen molar-refractivity contribution in [2.45, 2.75) is 12.2 Å². The van der Waals surface area contributed by atoms with Gasteiger partial charge in [0.2, 0.25) is 5.95 Å². The van der Waals surface area contributed by atoms with Crippen molar-refractivity contribution in [1.82, 2.24) is 19.5 Å². The first-order valence-corrected chi connectivity index (χ1v) is 7.24. The van der Waals surface area contributed by atoms with E-state index in [1.807, 2.05) is 0 Å². The van der Waals surface area contributed by atoms with E-state index in [1.165, 1.54) is 24.3 Å². The van der Waals surface area contributed by atoms with Crippen LogP contribution in [0.3, 0.4) is 0 Å². The van der Waals surface area contributed by atoms with Crippen molar-refractivity contribution in [3.63, 3.8) is 0 Å². The lowest BCUT2D eigenvalue weighted by Crippen LogP contribution is -2.19. The number of anilines is 1. The van der Waals surface area contributed by atoms with Gasteiger partial charge in [-0.25, -0.2) is 19.3 Å². The summed E-state index contributed by atoms with van der Waals surface area (Å²) >= 11 is 0. The summed E-state index contributed by atoms with van der Waals surface area (Å²) in [6, 6.07) is 5.72. The lowest BCUT2D eigenvalue weighted by molar-refractivity contribution is -0.141. The zero-order chi connectivity index (χ0) is 18.0. The van der Waals surface area contributed by atoms with Gasteiger partial charge in [0.05, 0.1) is 0 Å². The van der Waals surface area contributed by atoms with Crippen molar-refractivity contribution >= 4 is 5.95 Å². The molecule has 0 aliphatic rings. The van der Waals surface area contributed by atoms with Crippen LogP contribution in [-0.4, -0.2) is 19.5 Å². The number of imidazole rings is 1. The molecule has 2 aromatic heterocycles. The minimum absolute atomic E-state index is 0.202. The molecule has 0 saturated carbocycles. The van der Waals surface area contributed by atoms with Gasteiger partial charge in [-0.05, 0) is 23.8 Å². The Kier molecular flexibility index (Phi) is 4.39. The van der Waals surface area contributed by atoms with Gasteiger partial charge in [-0.3, -0.25) is 0 Å². The maximum Gasteiger partial charge on any atom is 0.433 e. The van der Waals surface area contributed by atoms with E-state index in [0.717, 1.165) is 12.3 Å². The van der Waals surface area contributed by atoms with Gasteiger partial charge in [0.25, 0.3) is 0 Å². The number of hydrogen-bond acceptors (Lipinski definition) is 4. The fourth-order valence-electron chi connectivity index (χ4n) is 2.32. The molecule has 0 spiro atoms. The van der Waals surface area contributed by atoms with Gasteiger partial charge >= 0.3 is 6.18 Å². The van der Waals surface area contributed by atoms with Crippen molar-refractivity contribution in [1.29, 1.82) is 0 Å². The third kappa shape index (κ3) is 3.76. The van der Waals surface area contributed by atoms with Gasteiger partial charge in [-0.15, -0.1) is 0 Å². The molecule has 5 nitrogen and oxygen atoms in total. The molecule has 9 heteroatoms. The summed E-state index contributed by atoms with van der Waals surface area (Å²) in [4.78, 5) is 11.6. The molecule has 0 bridgehead atoms. The van der Waals surface area contributed by atoms with Crippen LogP contribution in [0.15, 0.2) is 48.9 Å². The third-order valence-corrected chi connectivity index (χ3v) is 3.54. The first kappa shape index (κ1) is 16.9. The highest BCUT2D eigenvalue weighted by atomic mass is 19.4. The molecule has 0 saturated heterocycles. The number of aryl methyl sites for hydroxylation is 1. The van der Waals surface area contributed by atoms with E-state index < -0.39 is 23.7 Å². The molecule has 2 heterocycles. The average molecular weight is 351 g/mol. The quantitative estimate of drug-likeness (QED) is 0.730. The molecule has 130 valence electrons. The van der Waals surface area contributed by atoms with E-state index in [9.17, 15) is 17.6 Å². The molecule has 1 aromatic carbocycles. The fraction of sp³-hybridized carbons (Fsp3) is 0.188. The van der Waals surface area contributed by atoms with Gasteiger partial charge in [-0.2, -0.15) is 13.2 Å². The van der Waals surface area contributed by atoms with E-state index in [0.29, 0.717) is 11.4 Å². The lowest BCUT2D eigenvalue weighted by atomic mass is 10.1.